The molecule has 11 heavy (non-hydrogen) atoms. The monoisotopic (exact) mass is 280 g/mol. The molecule has 0 bridgehead atoms. The first-order valence-electron chi connectivity index (χ1n) is 4.40. The molecule has 0 radical (unpaired) electrons. The largest absolute Gasteiger partial charge is 0.0925 e. The third-order valence-corrected chi connectivity index (χ3v) is 5.15. The molecule has 2 saturated carbocycles. The second-order valence-corrected chi connectivity index (χ2v) is 5.65. The molecule has 0 saturated heterocycles. The van der Waals surface area contributed by atoms with Crippen molar-refractivity contribution in [2.24, 2.45) is 17.3 Å². The average Bonchev–Trinajstić information content (AvgIpc) is 1.83. The summed E-state index contributed by atoms with van der Waals surface area (Å²) < 4.78 is 0. The summed E-state index contributed by atoms with van der Waals surface area (Å²) in [6, 6.07) is 0. The summed E-state index contributed by atoms with van der Waals surface area (Å²) in [5.41, 5.74) is 0.830. The molecule has 0 aromatic heterocycles. The fraction of sp³-hybridized carbons (Fsp3) is 1.00. The fourth-order valence-corrected chi connectivity index (χ4v) is 3.80. The van der Waals surface area contributed by atoms with E-state index in [1.165, 1.54) is 36.3 Å². The maximum atomic E-state index is 3.55. The SMILES string of the molecule is BrCC1CC2(C1)CC(CBr)C2. The molecule has 2 rings (SSSR count). The van der Waals surface area contributed by atoms with Crippen molar-refractivity contribution in [3.05, 3.63) is 0 Å². The Morgan fingerprint density at radius 3 is 1.55 bits per heavy atom. The topological polar surface area (TPSA) is 0 Å². The van der Waals surface area contributed by atoms with Crippen LogP contribution in [0.5, 0.6) is 0 Å². The maximum Gasteiger partial charge on any atom is 0.00600 e. The lowest BCUT2D eigenvalue weighted by atomic mass is 9.49. The van der Waals surface area contributed by atoms with Gasteiger partial charge >= 0.3 is 0 Å². The van der Waals surface area contributed by atoms with Gasteiger partial charge in [0.25, 0.3) is 0 Å². The van der Waals surface area contributed by atoms with E-state index in [1.807, 2.05) is 0 Å². The van der Waals surface area contributed by atoms with Crippen LogP contribution in [-0.2, 0) is 0 Å². The number of hydrogen-bond acceptors (Lipinski definition) is 0. The van der Waals surface area contributed by atoms with E-state index in [0.717, 1.165) is 17.3 Å². The first-order chi connectivity index (χ1) is 5.28. The second kappa shape index (κ2) is 3.02. The van der Waals surface area contributed by atoms with Crippen LogP contribution in [0, 0.1) is 17.3 Å². The van der Waals surface area contributed by atoms with Gasteiger partial charge in [-0.15, -0.1) is 0 Å². The molecular formula is C9H14Br2. The minimum absolute atomic E-state index is 0.830. The number of halogens is 2. The lowest BCUT2D eigenvalue weighted by Crippen LogP contribution is -2.48. The number of alkyl halides is 2. The van der Waals surface area contributed by atoms with Gasteiger partial charge in [0, 0.05) is 10.7 Å². The summed E-state index contributed by atoms with van der Waals surface area (Å²) >= 11 is 7.11. The van der Waals surface area contributed by atoms with E-state index in [-0.39, 0.29) is 0 Å². The highest BCUT2D eigenvalue weighted by atomic mass is 79.9. The summed E-state index contributed by atoms with van der Waals surface area (Å²) in [6.07, 6.45) is 6.01. The summed E-state index contributed by atoms with van der Waals surface area (Å²) in [5.74, 6) is 2.01. The Morgan fingerprint density at radius 2 is 1.27 bits per heavy atom. The smallest absolute Gasteiger partial charge is 0.00600 e. The zero-order valence-corrected chi connectivity index (χ0v) is 9.83. The van der Waals surface area contributed by atoms with Crippen molar-refractivity contribution in [2.75, 3.05) is 10.7 Å². The molecule has 0 aromatic carbocycles. The van der Waals surface area contributed by atoms with E-state index in [0.29, 0.717) is 0 Å². The first kappa shape index (κ1) is 8.55. The van der Waals surface area contributed by atoms with Gasteiger partial charge in [-0.25, -0.2) is 0 Å². The molecule has 2 aliphatic carbocycles. The molecule has 2 heteroatoms. The van der Waals surface area contributed by atoms with Crippen molar-refractivity contribution < 1.29 is 0 Å². The van der Waals surface area contributed by atoms with Crippen LogP contribution in [0.3, 0.4) is 0 Å². The van der Waals surface area contributed by atoms with E-state index < -0.39 is 0 Å². The molecule has 0 atom stereocenters. The Hall–Kier alpha value is 0.960. The third kappa shape index (κ3) is 1.41. The Morgan fingerprint density at radius 1 is 0.909 bits per heavy atom. The Labute approximate surface area is 85.4 Å². The summed E-state index contributed by atoms with van der Waals surface area (Å²) in [5, 5.41) is 2.46. The number of hydrogen-bond donors (Lipinski definition) is 0. The molecule has 64 valence electrons. The predicted molar refractivity (Wildman–Crippen MR) is 55.5 cm³/mol. The van der Waals surface area contributed by atoms with E-state index in [9.17, 15) is 0 Å². The second-order valence-electron chi connectivity index (χ2n) is 4.36. The highest BCUT2D eigenvalue weighted by molar-refractivity contribution is 9.09. The van der Waals surface area contributed by atoms with Gasteiger partial charge in [0.05, 0.1) is 0 Å². The molecule has 2 fully saturated rings. The highest BCUT2D eigenvalue weighted by Gasteiger charge is 2.51. The summed E-state index contributed by atoms with van der Waals surface area (Å²) in [6.45, 7) is 0. The van der Waals surface area contributed by atoms with Crippen LogP contribution in [0.4, 0.5) is 0 Å². The molecule has 2 aliphatic rings. The van der Waals surface area contributed by atoms with Gasteiger partial charge in [-0.2, -0.15) is 0 Å². The minimum Gasteiger partial charge on any atom is -0.0925 e. The third-order valence-electron chi connectivity index (χ3n) is 3.32. The van der Waals surface area contributed by atoms with Gasteiger partial charge in [0.1, 0.15) is 0 Å². The van der Waals surface area contributed by atoms with Crippen LogP contribution < -0.4 is 0 Å². The summed E-state index contributed by atoms with van der Waals surface area (Å²) in [4.78, 5) is 0. The van der Waals surface area contributed by atoms with Crippen LogP contribution in [0.1, 0.15) is 25.7 Å². The zero-order valence-electron chi connectivity index (χ0n) is 6.65. The molecule has 0 aromatic rings. The van der Waals surface area contributed by atoms with Crippen molar-refractivity contribution >= 4 is 31.9 Å². The molecule has 0 N–H and O–H groups in total. The van der Waals surface area contributed by atoms with E-state index in [2.05, 4.69) is 31.9 Å². The molecule has 0 aliphatic heterocycles. The van der Waals surface area contributed by atoms with Crippen molar-refractivity contribution in [1.82, 2.24) is 0 Å². The van der Waals surface area contributed by atoms with Gasteiger partial charge in [-0.1, -0.05) is 31.9 Å². The fourth-order valence-electron chi connectivity index (χ4n) is 2.88. The first-order valence-corrected chi connectivity index (χ1v) is 6.64. The van der Waals surface area contributed by atoms with Crippen LogP contribution in [-0.4, -0.2) is 10.7 Å². The Bertz CT molecular complexity index is 122. The lowest BCUT2D eigenvalue weighted by Gasteiger charge is -2.57. The van der Waals surface area contributed by atoms with Crippen LogP contribution in [0.15, 0.2) is 0 Å². The molecule has 1 spiro atoms. The summed E-state index contributed by atoms with van der Waals surface area (Å²) in [7, 11) is 0. The quantitative estimate of drug-likeness (QED) is 0.679. The van der Waals surface area contributed by atoms with E-state index >= 15 is 0 Å². The van der Waals surface area contributed by atoms with Gasteiger partial charge in [0.2, 0.25) is 0 Å². The predicted octanol–water partition coefficient (Wildman–Crippen LogP) is 3.58. The zero-order chi connectivity index (χ0) is 7.90. The molecular weight excluding hydrogens is 268 g/mol. The molecule has 0 amide bonds. The average molecular weight is 282 g/mol. The number of rotatable bonds is 2. The van der Waals surface area contributed by atoms with Crippen LogP contribution >= 0.6 is 31.9 Å². The highest BCUT2D eigenvalue weighted by Crippen LogP contribution is 2.61. The van der Waals surface area contributed by atoms with Crippen LogP contribution in [0.2, 0.25) is 0 Å². The molecule has 0 heterocycles. The van der Waals surface area contributed by atoms with Crippen LogP contribution in [0.25, 0.3) is 0 Å². The van der Waals surface area contributed by atoms with E-state index in [1.54, 1.807) is 0 Å². The normalized spacial score (nSPS) is 48.5. The van der Waals surface area contributed by atoms with Crippen molar-refractivity contribution in [1.29, 1.82) is 0 Å². The van der Waals surface area contributed by atoms with E-state index in [4.69, 9.17) is 0 Å². The Kier molecular flexibility index (Phi) is 2.35. The molecule has 0 nitrogen and oxygen atoms in total. The molecule has 0 unspecified atom stereocenters. The maximum absolute atomic E-state index is 3.55. The van der Waals surface area contributed by atoms with Gasteiger partial charge in [0.15, 0.2) is 0 Å². The lowest BCUT2D eigenvalue weighted by molar-refractivity contribution is -0.0507. The van der Waals surface area contributed by atoms with Gasteiger partial charge < -0.3 is 0 Å². The standard InChI is InChI=1S/C9H14Br2/c10-5-7-1-9(2-7)3-8(4-9)6-11/h7-8H,1-6H2. The minimum atomic E-state index is 0.830. The van der Waals surface area contributed by atoms with Crippen molar-refractivity contribution in [3.63, 3.8) is 0 Å². The Balaban J connectivity index is 1.75. The van der Waals surface area contributed by atoms with Crippen molar-refractivity contribution in [2.45, 2.75) is 25.7 Å². The van der Waals surface area contributed by atoms with Crippen molar-refractivity contribution in [3.8, 4) is 0 Å². The van der Waals surface area contributed by atoms with Gasteiger partial charge in [-0.05, 0) is 42.9 Å². The van der Waals surface area contributed by atoms with Gasteiger partial charge in [-0.3, -0.25) is 0 Å².